The lowest BCUT2D eigenvalue weighted by molar-refractivity contribution is 0.415. The normalized spacial score (nSPS) is 11.6. The van der Waals surface area contributed by atoms with E-state index in [0.29, 0.717) is 0 Å². The van der Waals surface area contributed by atoms with E-state index in [4.69, 9.17) is 4.74 Å². The van der Waals surface area contributed by atoms with Crippen LogP contribution in [0.15, 0.2) is 48.7 Å². The molecule has 0 N–H and O–H groups in total. The van der Waals surface area contributed by atoms with Crippen molar-refractivity contribution in [2.24, 2.45) is 0 Å². The molecular weight excluding hydrogens is 284 g/mol. The van der Waals surface area contributed by atoms with Gasteiger partial charge in [-0.2, -0.15) is 0 Å². The minimum absolute atomic E-state index is 0.889. The first-order valence-corrected chi connectivity index (χ1v) is 8.17. The molecular formula is C20H20N2O. The molecule has 2 heterocycles. The van der Waals surface area contributed by atoms with E-state index in [2.05, 4.69) is 46.8 Å². The molecule has 0 aliphatic heterocycles. The van der Waals surface area contributed by atoms with Crippen LogP contribution < -0.4 is 4.74 Å². The smallest absolute Gasteiger partial charge is 0.119 e. The Morgan fingerprint density at radius 3 is 2.74 bits per heavy atom. The van der Waals surface area contributed by atoms with Crippen LogP contribution in [0.4, 0.5) is 0 Å². The maximum atomic E-state index is 5.42. The molecule has 2 aromatic heterocycles. The molecule has 0 fully saturated rings. The van der Waals surface area contributed by atoms with Crippen LogP contribution in [-0.4, -0.2) is 16.7 Å². The second kappa shape index (κ2) is 5.58. The maximum absolute atomic E-state index is 5.42. The summed E-state index contributed by atoms with van der Waals surface area (Å²) in [6.45, 7) is 3.26. The summed E-state index contributed by atoms with van der Waals surface area (Å²) in [6.07, 6.45) is 4.35. The van der Waals surface area contributed by atoms with Crippen molar-refractivity contribution in [3.63, 3.8) is 0 Å². The lowest BCUT2D eigenvalue weighted by Gasteiger charge is -2.08. The highest BCUT2D eigenvalue weighted by molar-refractivity contribution is 6.16. The van der Waals surface area contributed by atoms with E-state index < -0.39 is 0 Å². The molecule has 23 heavy (non-hydrogen) atoms. The van der Waals surface area contributed by atoms with Gasteiger partial charge in [0.25, 0.3) is 0 Å². The topological polar surface area (TPSA) is 27.1 Å². The highest BCUT2D eigenvalue weighted by atomic mass is 16.5. The summed E-state index contributed by atoms with van der Waals surface area (Å²) < 4.78 is 7.86. The van der Waals surface area contributed by atoms with E-state index in [1.807, 2.05) is 18.3 Å². The van der Waals surface area contributed by atoms with Crippen LogP contribution in [0.25, 0.3) is 32.7 Å². The van der Waals surface area contributed by atoms with Crippen molar-refractivity contribution in [1.82, 2.24) is 9.55 Å². The minimum atomic E-state index is 0.889. The molecule has 0 atom stereocenters. The van der Waals surface area contributed by atoms with Crippen molar-refractivity contribution < 1.29 is 4.74 Å². The maximum Gasteiger partial charge on any atom is 0.119 e. The Labute approximate surface area is 135 Å². The van der Waals surface area contributed by atoms with Crippen LogP contribution in [0.1, 0.15) is 19.8 Å². The van der Waals surface area contributed by atoms with Crippen molar-refractivity contribution in [2.75, 3.05) is 7.11 Å². The monoisotopic (exact) mass is 304 g/mol. The van der Waals surface area contributed by atoms with Crippen LogP contribution in [-0.2, 0) is 6.54 Å². The van der Waals surface area contributed by atoms with Crippen molar-refractivity contribution >= 4 is 32.7 Å². The predicted molar refractivity (Wildman–Crippen MR) is 96.2 cm³/mol. The molecule has 116 valence electrons. The molecule has 4 aromatic rings. The zero-order chi connectivity index (χ0) is 15.8. The lowest BCUT2D eigenvalue weighted by Crippen LogP contribution is -1.98. The van der Waals surface area contributed by atoms with E-state index in [-0.39, 0.29) is 0 Å². The summed E-state index contributed by atoms with van der Waals surface area (Å²) in [5.41, 5.74) is 3.59. The van der Waals surface area contributed by atoms with E-state index in [1.54, 1.807) is 7.11 Å². The first-order chi connectivity index (χ1) is 11.3. The molecule has 0 aliphatic rings. The van der Waals surface area contributed by atoms with Crippen molar-refractivity contribution in [1.29, 1.82) is 0 Å². The Kier molecular flexibility index (Phi) is 3.41. The zero-order valence-corrected chi connectivity index (χ0v) is 13.5. The van der Waals surface area contributed by atoms with E-state index in [1.165, 1.54) is 40.0 Å². The van der Waals surface area contributed by atoms with Crippen LogP contribution in [0.5, 0.6) is 5.75 Å². The van der Waals surface area contributed by atoms with Crippen LogP contribution in [0.3, 0.4) is 0 Å². The van der Waals surface area contributed by atoms with Gasteiger partial charge < -0.3 is 9.30 Å². The Hall–Kier alpha value is -2.55. The molecule has 3 heteroatoms. The fraction of sp³-hybridized carbons (Fsp3) is 0.250. The number of methoxy groups -OCH3 is 1. The number of hydrogen-bond acceptors (Lipinski definition) is 2. The second-order valence-electron chi connectivity index (χ2n) is 5.93. The Balaban J connectivity index is 2.16. The molecule has 3 nitrogen and oxygen atoms in total. The molecule has 2 aromatic carbocycles. The average Bonchev–Trinajstić information content (AvgIpc) is 2.93. The largest absolute Gasteiger partial charge is 0.497 e. The second-order valence-corrected chi connectivity index (χ2v) is 5.93. The van der Waals surface area contributed by atoms with Crippen LogP contribution in [0.2, 0.25) is 0 Å². The number of unbranched alkanes of at least 4 members (excludes halogenated alkanes) is 1. The van der Waals surface area contributed by atoms with E-state index in [0.717, 1.165) is 17.8 Å². The van der Waals surface area contributed by atoms with Gasteiger partial charge in [0.1, 0.15) is 5.75 Å². The summed E-state index contributed by atoms with van der Waals surface area (Å²) in [6, 6.07) is 14.7. The van der Waals surface area contributed by atoms with E-state index >= 15 is 0 Å². The Morgan fingerprint density at radius 1 is 1.04 bits per heavy atom. The SMILES string of the molecule is CCCCn1c2ccc(OC)cc2c2cnc3ccccc3c21. The Morgan fingerprint density at radius 2 is 1.91 bits per heavy atom. The number of hydrogen-bond donors (Lipinski definition) is 0. The quantitative estimate of drug-likeness (QED) is 0.521. The summed E-state index contributed by atoms with van der Waals surface area (Å²) in [5, 5.41) is 3.64. The number of ether oxygens (including phenoxy) is 1. The summed E-state index contributed by atoms with van der Waals surface area (Å²) >= 11 is 0. The number of rotatable bonds is 4. The molecule has 0 bridgehead atoms. The third-order valence-corrected chi connectivity index (χ3v) is 4.54. The zero-order valence-electron chi connectivity index (χ0n) is 13.5. The van der Waals surface area contributed by atoms with Gasteiger partial charge in [0.05, 0.1) is 18.1 Å². The van der Waals surface area contributed by atoms with Gasteiger partial charge in [0.2, 0.25) is 0 Å². The van der Waals surface area contributed by atoms with Gasteiger partial charge in [-0.1, -0.05) is 31.5 Å². The van der Waals surface area contributed by atoms with Gasteiger partial charge in [-0.25, -0.2) is 0 Å². The highest BCUT2D eigenvalue weighted by Gasteiger charge is 2.14. The number of fused-ring (bicyclic) bond motifs is 5. The van der Waals surface area contributed by atoms with Gasteiger partial charge in [-0.3, -0.25) is 4.98 Å². The lowest BCUT2D eigenvalue weighted by atomic mass is 10.1. The van der Waals surface area contributed by atoms with Crippen LogP contribution in [0, 0.1) is 0 Å². The van der Waals surface area contributed by atoms with Gasteiger partial charge in [-0.15, -0.1) is 0 Å². The van der Waals surface area contributed by atoms with Gasteiger partial charge >= 0.3 is 0 Å². The molecule has 0 unspecified atom stereocenters. The van der Waals surface area contributed by atoms with Crippen molar-refractivity contribution in [2.45, 2.75) is 26.3 Å². The number of aromatic nitrogens is 2. The highest BCUT2D eigenvalue weighted by Crippen LogP contribution is 2.35. The molecule has 0 amide bonds. The average molecular weight is 304 g/mol. The van der Waals surface area contributed by atoms with Gasteiger partial charge in [0, 0.05) is 34.4 Å². The minimum Gasteiger partial charge on any atom is -0.497 e. The molecule has 0 spiro atoms. The molecule has 0 saturated heterocycles. The first-order valence-electron chi connectivity index (χ1n) is 8.17. The molecule has 0 aliphatic carbocycles. The Bertz CT molecular complexity index is 1000. The molecule has 0 radical (unpaired) electrons. The standard InChI is InChI=1S/C20H20N2O/c1-3-4-11-22-19-10-9-14(23-2)12-16(19)17-13-21-18-8-6-5-7-15(18)20(17)22/h5-10,12-13H,3-4,11H2,1-2H3. The number of pyridine rings is 1. The van der Waals surface area contributed by atoms with Gasteiger partial charge in [0.15, 0.2) is 0 Å². The third-order valence-electron chi connectivity index (χ3n) is 4.54. The predicted octanol–water partition coefficient (Wildman–Crippen LogP) is 5.15. The summed E-state index contributed by atoms with van der Waals surface area (Å²) in [4.78, 5) is 4.65. The van der Waals surface area contributed by atoms with E-state index in [9.17, 15) is 0 Å². The summed E-state index contributed by atoms with van der Waals surface area (Å²) in [5.74, 6) is 0.889. The van der Waals surface area contributed by atoms with Crippen molar-refractivity contribution in [3.05, 3.63) is 48.7 Å². The van der Waals surface area contributed by atoms with Crippen molar-refractivity contribution in [3.8, 4) is 5.75 Å². The number of aryl methyl sites for hydroxylation is 1. The van der Waals surface area contributed by atoms with Gasteiger partial charge in [-0.05, 0) is 30.7 Å². The van der Waals surface area contributed by atoms with Crippen LogP contribution >= 0.6 is 0 Å². The first kappa shape index (κ1) is 14.1. The number of nitrogens with zero attached hydrogens (tertiary/aromatic N) is 2. The number of benzene rings is 2. The summed E-state index contributed by atoms with van der Waals surface area (Å²) in [7, 11) is 1.71. The third kappa shape index (κ3) is 2.15. The fourth-order valence-electron chi connectivity index (χ4n) is 3.38. The number of para-hydroxylation sites is 1. The fourth-order valence-corrected chi connectivity index (χ4v) is 3.38. The molecule has 4 rings (SSSR count). The molecule has 0 saturated carbocycles.